The van der Waals surface area contributed by atoms with Crippen LogP contribution >= 0.6 is 0 Å². The van der Waals surface area contributed by atoms with E-state index in [2.05, 4.69) is 33.8 Å². The molecule has 1 heterocycles. The minimum Gasteiger partial charge on any atom is -0.481 e. The zero-order chi connectivity index (χ0) is 22.3. The van der Waals surface area contributed by atoms with Crippen LogP contribution in [0.15, 0.2) is 11.6 Å². The molecule has 0 aromatic heterocycles. The monoisotopic (exact) mass is 430 g/mol. The van der Waals surface area contributed by atoms with Gasteiger partial charge in [-0.05, 0) is 50.9 Å². The Morgan fingerprint density at radius 3 is 2.74 bits per heavy atom. The third kappa shape index (κ3) is 2.21. The number of aldehydes is 1. The molecule has 5 nitrogen and oxygen atoms in total. The molecular formula is C26H38O5. The molecule has 0 aromatic rings. The lowest BCUT2D eigenvalue weighted by Crippen LogP contribution is -2.66. The third-order valence-electron chi connectivity index (χ3n) is 10.1. The number of carbonyl (C=O) groups excluding carboxylic acids is 1. The minimum atomic E-state index is -1.17. The van der Waals surface area contributed by atoms with Crippen LogP contribution in [0, 0.1) is 34.0 Å². The topological polar surface area (TPSA) is 76.1 Å². The van der Waals surface area contributed by atoms with Gasteiger partial charge in [-0.2, -0.15) is 0 Å². The highest BCUT2D eigenvalue weighted by molar-refractivity contribution is 5.91. The summed E-state index contributed by atoms with van der Waals surface area (Å²) in [4.78, 5) is 26.4. The van der Waals surface area contributed by atoms with Gasteiger partial charge in [0.15, 0.2) is 0 Å². The van der Waals surface area contributed by atoms with Crippen LogP contribution in [-0.2, 0) is 19.1 Å². The van der Waals surface area contributed by atoms with Gasteiger partial charge in [-0.25, -0.2) is 0 Å². The van der Waals surface area contributed by atoms with Crippen LogP contribution in [0.2, 0.25) is 0 Å². The molecule has 5 heteroatoms. The summed E-state index contributed by atoms with van der Waals surface area (Å²) in [6, 6.07) is 0. The van der Waals surface area contributed by atoms with Crippen LogP contribution in [0.3, 0.4) is 0 Å². The molecule has 4 aliphatic carbocycles. The van der Waals surface area contributed by atoms with Crippen LogP contribution in [0.1, 0.15) is 79.1 Å². The molecule has 4 bridgehead atoms. The smallest absolute Gasteiger partial charge is 0.315 e. The number of hydrogen-bond donors (Lipinski definition) is 1. The van der Waals surface area contributed by atoms with E-state index in [1.165, 1.54) is 12.8 Å². The molecule has 4 fully saturated rings. The Hall–Kier alpha value is -1.20. The van der Waals surface area contributed by atoms with Gasteiger partial charge in [-0.3, -0.25) is 4.79 Å². The zero-order valence-corrected chi connectivity index (χ0v) is 19.5. The van der Waals surface area contributed by atoms with Crippen LogP contribution in [0.25, 0.3) is 0 Å². The highest BCUT2D eigenvalue weighted by atomic mass is 16.6. The normalized spacial score (nSPS) is 48.5. The van der Waals surface area contributed by atoms with Crippen LogP contribution in [0.4, 0.5) is 0 Å². The number of hydrogen-bond acceptors (Lipinski definition) is 4. The molecule has 1 spiro atoms. The van der Waals surface area contributed by atoms with E-state index in [4.69, 9.17) is 9.47 Å². The predicted molar refractivity (Wildman–Crippen MR) is 117 cm³/mol. The summed E-state index contributed by atoms with van der Waals surface area (Å²) >= 11 is 0. The Morgan fingerprint density at radius 1 is 1.35 bits per heavy atom. The number of carboxylic acids is 1. The number of carbonyl (C=O) groups is 2. The number of unbranched alkanes of at least 4 members (excludes halogenated alkanes) is 3. The summed E-state index contributed by atoms with van der Waals surface area (Å²) in [5.41, 5.74) is -2.26. The summed E-state index contributed by atoms with van der Waals surface area (Å²) in [5.74, 6) is -0.677. The van der Waals surface area contributed by atoms with Crippen molar-refractivity contribution in [3.8, 4) is 0 Å². The SMILES string of the molecule is CCCCCCOC[C@@]12C[C@]34O[C@@]3(C)CC[C@H]4[C@@]3(C=O)C[C@@H]1C=C(C(C)C)[C@@]23C(=O)O. The molecule has 1 N–H and O–H groups in total. The lowest BCUT2D eigenvalue weighted by molar-refractivity contribution is -0.189. The summed E-state index contributed by atoms with van der Waals surface area (Å²) in [5, 5.41) is 10.9. The van der Waals surface area contributed by atoms with E-state index in [0.29, 0.717) is 26.1 Å². The van der Waals surface area contributed by atoms with Crippen molar-refractivity contribution in [3.05, 3.63) is 11.6 Å². The average Bonchev–Trinajstić information content (AvgIpc) is 2.97. The fourth-order valence-corrected chi connectivity index (χ4v) is 8.99. The quantitative estimate of drug-likeness (QED) is 0.234. The van der Waals surface area contributed by atoms with Crippen molar-refractivity contribution in [2.75, 3.05) is 13.2 Å². The van der Waals surface area contributed by atoms with E-state index in [-0.39, 0.29) is 29.0 Å². The summed E-state index contributed by atoms with van der Waals surface area (Å²) in [6.07, 6.45) is 10.9. The van der Waals surface area contributed by atoms with Gasteiger partial charge in [0.2, 0.25) is 0 Å². The average molecular weight is 431 g/mol. The first-order chi connectivity index (χ1) is 14.7. The molecule has 5 rings (SSSR count). The van der Waals surface area contributed by atoms with Crippen LogP contribution < -0.4 is 0 Å². The fraction of sp³-hybridized carbons (Fsp3) is 0.846. The van der Waals surface area contributed by atoms with Gasteiger partial charge in [-0.15, -0.1) is 0 Å². The maximum atomic E-state index is 13.3. The van der Waals surface area contributed by atoms with E-state index in [1.54, 1.807) is 0 Å². The molecule has 7 atom stereocenters. The van der Waals surface area contributed by atoms with E-state index < -0.39 is 22.2 Å². The van der Waals surface area contributed by atoms with Crippen molar-refractivity contribution in [3.63, 3.8) is 0 Å². The second-order valence-electron chi connectivity index (χ2n) is 11.6. The molecular weight excluding hydrogens is 392 g/mol. The lowest BCUT2D eigenvalue weighted by atomic mass is 9.42. The summed E-state index contributed by atoms with van der Waals surface area (Å²) in [7, 11) is 0. The molecule has 172 valence electrons. The van der Waals surface area contributed by atoms with Gasteiger partial charge < -0.3 is 19.4 Å². The van der Waals surface area contributed by atoms with E-state index in [9.17, 15) is 14.7 Å². The van der Waals surface area contributed by atoms with E-state index >= 15 is 0 Å². The number of epoxide rings is 1. The standard InChI is InChI=1S/C26H38O5/c1-5-6-7-8-11-30-16-24-14-25-20(9-10-22(25,4)31-25)23(15-27)13-18(24)12-19(17(2)3)26(23,24)21(28)29/h12,15,17-18,20H,5-11,13-14,16H2,1-4H3,(H,28,29)/t18-,20-,22-,23-,24-,25+,26-/m0/s1. The number of rotatable bonds is 10. The Balaban J connectivity index is 1.59. The molecule has 0 radical (unpaired) electrons. The Kier molecular flexibility index (Phi) is 4.65. The second-order valence-corrected chi connectivity index (χ2v) is 11.6. The van der Waals surface area contributed by atoms with Crippen molar-refractivity contribution < 1.29 is 24.2 Å². The van der Waals surface area contributed by atoms with E-state index in [1.807, 2.05) is 0 Å². The van der Waals surface area contributed by atoms with Gasteiger partial charge in [0.05, 0.1) is 17.6 Å². The summed E-state index contributed by atoms with van der Waals surface area (Å²) in [6.45, 7) is 9.58. The highest BCUT2D eigenvalue weighted by Gasteiger charge is 2.92. The second kappa shape index (κ2) is 6.66. The molecule has 1 aliphatic heterocycles. The molecule has 0 aromatic carbocycles. The largest absolute Gasteiger partial charge is 0.481 e. The third-order valence-corrected chi connectivity index (χ3v) is 10.1. The first kappa shape index (κ1) is 21.6. The minimum absolute atomic E-state index is 0.0104. The Morgan fingerprint density at radius 2 is 2.13 bits per heavy atom. The van der Waals surface area contributed by atoms with Crippen molar-refractivity contribution in [1.29, 1.82) is 0 Å². The van der Waals surface area contributed by atoms with Crippen molar-refractivity contribution in [2.45, 2.75) is 90.3 Å². The maximum Gasteiger partial charge on any atom is 0.315 e. The summed E-state index contributed by atoms with van der Waals surface area (Å²) < 4.78 is 12.7. The zero-order valence-electron chi connectivity index (χ0n) is 19.5. The fourth-order valence-electron chi connectivity index (χ4n) is 8.99. The van der Waals surface area contributed by atoms with Crippen LogP contribution in [0.5, 0.6) is 0 Å². The van der Waals surface area contributed by atoms with Crippen molar-refractivity contribution >= 4 is 12.3 Å². The number of allylic oxidation sites excluding steroid dienone is 1. The predicted octanol–water partition coefficient (Wildman–Crippen LogP) is 4.78. The van der Waals surface area contributed by atoms with Gasteiger partial charge in [0.1, 0.15) is 17.3 Å². The molecule has 0 amide bonds. The first-order valence-electron chi connectivity index (χ1n) is 12.4. The number of ether oxygens (including phenoxy) is 2. The first-order valence-corrected chi connectivity index (χ1v) is 12.4. The molecule has 0 unspecified atom stereocenters. The molecule has 5 aliphatic rings. The Bertz CT molecular complexity index is 834. The Labute approximate surface area is 185 Å². The number of fused-ring (bicyclic) bond motifs is 1. The van der Waals surface area contributed by atoms with Crippen molar-refractivity contribution in [1.82, 2.24) is 0 Å². The molecule has 3 saturated carbocycles. The van der Waals surface area contributed by atoms with Gasteiger partial charge in [0.25, 0.3) is 0 Å². The van der Waals surface area contributed by atoms with Gasteiger partial charge >= 0.3 is 5.97 Å². The van der Waals surface area contributed by atoms with Crippen LogP contribution in [-0.4, -0.2) is 41.8 Å². The number of carboxylic acid groups (broad SMARTS) is 1. The van der Waals surface area contributed by atoms with E-state index in [0.717, 1.165) is 37.5 Å². The van der Waals surface area contributed by atoms with Crippen molar-refractivity contribution in [2.24, 2.45) is 34.0 Å². The van der Waals surface area contributed by atoms with Gasteiger partial charge in [0, 0.05) is 17.9 Å². The lowest BCUT2D eigenvalue weighted by Gasteiger charge is -2.58. The maximum absolute atomic E-state index is 13.3. The molecule has 1 saturated heterocycles. The number of aliphatic carboxylic acids is 1. The molecule has 31 heavy (non-hydrogen) atoms. The highest BCUT2D eigenvalue weighted by Crippen LogP contribution is 2.87. The van der Waals surface area contributed by atoms with Gasteiger partial charge in [-0.1, -0.05) is 51.7 Å².